The fourth-order valence-corrected chi connectivity index (χ4v) is 1.69. The molecule has 2 heterocycles. The molecule has 0 radical (unpaired) electrons. The number of amides is 1. The monoisotopic (exact) mass is 226 g/mol. The van der Waals surface area contributed by atoms with Crippen LogP contribution < -0.4 is 5.32 Å². The normalized spacial score (nSPS) is 10.6. The third-order valence-corrected chi connectivity index (χ3v) is 2.50. The molecule has 0 fully saturated rings. The van der Waals surface area contributed by atoms with Crippen LogP contribution in [0.25, 0.3) is 11.0 Å². The van der Waals surface area contributed by atoms with Crippen LogP contribution in [-0.4, -0.2) is 10.9 Å². The van der Waals surface area contributed by atoms with Gasteiger partial charge < -0.3 is 9.40 Å². The lowest BCUT2D eigenvalue weighted by molar-refractivity contribution is 0.102. The Balaban J connectivity index is 1.88. The summed E-state index contributed by atoms with van der Waals surface area (Å²) in [5.74, 6) is 0.236. The molecule has 3 rings (SSSR count). The topological polar surface area (TPSA) is 58.0 Å². The molecule has 0 atom stereocenters. The molecule has 2 aromatic heterocycles. The first-order valence-electron chi connectivity index (χ1n) is 5.26. The van der Waals surface area contributed by atoms with Crippen LogP contribution in [-0.2, 0) is 0 Å². The number of para-hydroxylation sites is 1. The maximum absolute atomic E-state index is 11.7. The second-order valence-electron chi connectivity index (χ2n) is 3.69. The van der Waals surface area contributed by atoms with E-state index in [1.165, 1.54) is 0 Å². The highest BCUT2D eigenvalue weighted by Crippen LogP contribution is 2.22. The van der Waals surface area contributed by atoms with Crippen LogP contribution in [0.4, 0.5) is 5.88 Å². The lowest BCUT2D eigenvalue weighted by atomic mass is 10.3. The molecule has 0 aliphatic carbocycles. The number of H-pyrrole nitrogens is 1. The summed E-state index contributed by atoms with van der Waals surface area (Å²) in [5, 5.41) is 3.66. The Bertz CT molecular complexity index is 620. The minimum absolute atomic E-state index is 0.214. The van der Waals surface area contributed by atoms with E-state index in [9.17, 15) is 4.79 Å². The molecule has 0 saturated carbocycles. The van der Waals surface area contributed by atoms with Crippen molar-refractivity contribution in [3.8, 4) is 0 Å². The molecule has 0 spiro atoms. The number of rotatable bonds is 2. The van der Waals surface area contributed by atoms with E-state index >= 15 is 0 Å². The van der Waals surface area contributed by atoms with E-state index in [0.717, 1.165) is 11.0 Å². The second-order valence-corrected chi connectivity index (χ2v) is 3.69. The van der Waals surface area contributed by atoms with Gasteiger partial charge in [0.25, 0.3) is 5.91 Å². The number of carbonyl (C=O) groups excluding carboxylic acids is 1. The number of aromatic nitrogens is 1. The fraction of sp³-hybridized carbons (Fsp3) is 0. The van der Waals surface area contributed by atoms with E-state index in [-0.39, 0.29) is 5.91 Å². The molecular formula is C13H10N2O2. The van der Waals surface area contributed by atoms with Gasteiger partial charge in [-0.2, -0.15) is 0 Å². The zero-order valence-corrected chi connectivity index (χ0v) is 8.94. The molecule has 1 aromatic carbocycles. The average Bonchev–Trinajstić information content (AvgIpc) is 2.97. The first kappa shape index (κ1) is 9.72. The summed E-state index contributed by atoms with van der Waals surface area (Å²) < 4.78 is 5.49. The summed E-state index contributed by atoms with van der Waals surface area (Å²) in [5.41, 5.74) is 1.26. The van der Waals surface area contributed by atoms with Crippen molar-refractivity contribution in [3.63, 3.8) is 0 Å². The van der Waals surface area contributed by atoms with E-state index in [0.29, 0.717) is 11.6 Å². The maximum atomic E-state index is 11.7. The van der Waals surface area contributed by atoms with Crippen molar-refractivity contribution < 1.29 is 9.21 Å². The lowest BCUT2D eigenvalue weighted by Crippen LogP contribution is -2.11. The molecule has 0 unspecified atom stereocenters. The van der Waals surface area contributed by atoms with Crippen LogP contribution >= 0.6 is 0 Å². The zero-order chi connectivity index (χ0) is 11.7. The Hall–Kier alpha value is -2.49. The van der Waals surface area contributed by atoms with Crippen molar-refractivity contribution in [2.45, 2.75) is 0 Å². The van der Waals surface area contributed by atoms with Gasteiger partial charge in [-0.15, -0.1) is 0 Å². The summed E-state index contributed by atoms with van der Waals surface area (Å²) in [7, 11) is 0. The van der Waals surface area contributed by atoms with Crippen LogP contribution in [0.1, 0.15) is 10.5 Å². The van der Waals surface area contributed by atoms with Gasteiger partial charge in [0.05, 0.1) is 0 Å². The van der Waals surface area contributed by atoms with Crippen molar-refractivity contribution in [1.29, 1.82) is 0 Å². The van der Waals surface area contributed by atoms with E-state index in [4.69, 9.17) is 4.42 Å². The van der Waals surface area contributed by atoms with Crippen molar-refractivity contribution in [1.82, 2.24) is 4.98 Å². The number of fused-ring (bicyclic) bond motifs is 1. The Morgan fingerprint density at radius 1 is 1.18 bits per heavy atom. The summed E-state index contributed by atoms with van der Waals surface area (Å²) in [6, 6.07) is 12.9. The zero-order valence-electron chi connectivity index (χ0n) is 8.94. The molecule has 0 aliphatic rings. The van der Waals surface area contributed by atoms with Gasteiger partial charge in [-0.1, -0.05) is 18.2 Å². The largest absolute Gasteiger partial charge is 0.440 e. The van der Waals surface area contributed by atoms with E-state index in [1.807, 2.05) is 24.3 Å². The van der Waals surface area contributed by atoms with Crippen molar-refractivity contribution in [2.75, 3.05) is 5.32 Å². The summed E-state index contributed by atoms with van der Waals surface area (Å²) in [6.45, 7) is 0. The van der Waals surface area contributed by atoms with E-state index in [1.54, 1.807) is 24.4 Å². The van der Waals surface area contributed by atoms with E-state index in [2.05, 4.69) is 10.3 Å². The first-order valence-corrected chi connectivity index (χ1v) is 5.26. The Morgan fingerprint density at radius 3 is 2.82 bits per heavy atom. The lowest BCUT2D eigenvalue weighted by Gasteiger charge is -1.98. The standard InChI is InChI=1S/C13H10N2O2/c16-13(10-5-3-7-14-10)15-12-8-9-4-1-2-6-11(9)17-12/h1-8,14H,(H,15,16). The van der Waals surface area contributed by atoms with Crippen LogP contribution in [0.3, 0.4) is 0 Å². The molecule has 4 nitrogen and oxygen atoms in total. The van der Waals surface area contributed by atoms with Gasteiger partial charge >= 0.3 is 0 Å². The summed E-state index contributed by atoms with van der Waals surface area (Å²) in [6.07, 6.45) is 1.70. The van der Waals surface area contributed by atoms with Gasteiger partial charge in [0.2, 0.25) is 5.88 Å². The van der Waals surface area contributed by atoms with Crippen molar-refractivity contribution in [3.05, 3.63) is 54.4 Å². The number of nitrogens with one attached hydrogen (secondary N) is 2. The number of aromatic amines is 1. The van der Waals surface area contributed by atoms with Crippen molar-refractivity contribution in [2.24, 2.45) is 0 Å². The Kier molecular flexibility index (Phi) is 2.19. The smallest absolute Gasteiger partial charge is 0.274 e. The van der Waals surface area contributed by atoms with Gasteiger partial charge in [0.15, 0.2) is 0 Å². The number of hydrogen-bond donors (Lipinski definition) is 2. The molecule has 17 heavy (non-hydrogen) atoms. The molecule has 0 saturated heterocycles. The van der Waals surface area contributed by atoms with E-state index < -0.39 is 0 Å². The summed E-state index contributed by atoms with van der Waals surface area (Å²) >= 11 is 0. The Labute approximate surface area is 97.2 Å². The third kappa shape index (κ3) is 1.80. The van der Waals surface area contributed by atoms with Gasteiger partial charge in [-0.3, -0.25) is 10.1 Å². The molecule has 0 aliphatic heterocycles. The third-order valence-electron chi connectivity index (χ3n) is 2.50. The van der Waals surface area contributed by atoms with Gasteiger partial charge in [0, 0.05) is 17.6 Å². The van der Waals surface area contributed by atoms with Crippen LogP contribution in [0.5, 0.6) is 0 Å². The molecule has 4 heteroatoms. The second kappa shape index (κ2) is 3.83. The molecule has 3 aromatic rings. The number of furan rings is 1. The maximum Gasteiger partial charge on any atom is 0.274 e. The molecule has 0 bridgehead atoms. The minimum atomic E-state index is -0.214. The quantitative estimate of drug-likeness (QED) is 0.705. The van der Waals surface area contributed by atoms with Gasteiger partial charge in [-0.25, -0.2) is 0 Å². The molecular weight excluding hydrogens is 216 g/mol. The van der Waals surface area contributed by atoms with Crippen LogP contribution in [0.2, 0.25) is 0 Å². The van der Waals surface area contributed by atoms with Crippen LogP contribution in [0, 0.1) is 0 Å². The molecule has 84 valence electrons. The Morgan fingerprint density at radius 2 is 2.06 bits per heavy atom. The predicted octanol–water partition coefficient (Wildman–Crippen LogP) is 3.01. The fourth-order valence-electron chi connectivity index (χ4n) is 1.69. The molecule has 2 N–H and O–H groups in total. The first-order chi connectivity index (χ1) is 8.33. The highest BCUT2D eigenvalue weighted by Gasteiger charge is 2.09. The highest BCUT2D eigenvalue weighted by molar-refractivity contribution is 6.03. The van der Waals surface area contributed by atoms with Crippen molar-refractivity contribution >= 4 is 22.8 Å². The van der Waals surface area contributed by atoms with Gasteiger partial charge in [-0.05, 0) is 18.2 Å². The number of hydrogen-bond acceptors (Lipinski definition) is 2. The average molecular weight is 226 g/mol. The summed E-state index contributed by atoms with van der Waals surface area (Å²) in [4.78, 5) is 14.6. The SMILES string of the molecule is O=C(Nc1cc2ccccc2o1)c1ccc[nH]1. The number of anilines is 1. The highest BCUT2D eigenvalue weighted by atomic mass is 16.4. The van der Waals surface area contributed by atoms with Crippen LogP contribution in [0.15, 0.2) is 53.1 Å². The molecule has 1 amide bonds. The minimum Gasteiger partial charge on any atom is -0.440 e. The van der Waals surface area contributed by atoms with Gasteiger partial charge in [0.1, 0.15) is 11.3 Å². The number of benzene rings is 1. The number of carbonyl (C=O) groups is 1. The predicted molar refractivity (Wildman–Crippen MR) is 65.0 cm³/mol.